The lowest BCUT2D eigenvalue weighted by Crippen LogP contribution is -2.50. The molecule has 1 heterocycles. The molecule has 17 heavy (non-hydrogen) atoms. The van der Waals surface area contributed by atoms with Crippen molar-refractivity contribution in [3.8, 4) is 0 Å². The lowest BCUT2D eigenvalue weighted by Gasteiger charge is -2.41. The van der Waals surface area contributed by atoms with Crippen LogP contribution in [-0.2, 0) is 4.79 Å². The fourth-order valence-corrected chi connectivity index (χ4v) is 2.33. The molecule has 0 radical (unpaired) electrons. The number of piperidine rings is 1. The molecule has 3 nitrogen and oxygen atoms in total. The van der Waals surface area contributed by atoms with Crippen LogP contribution >= 0.6 is 0 Å². The number of carbonyl (C=O) groups excluding carboxylic acids is 1. The molecule has 0 aromatic rings. The summed E-state index contributed by atoms with van der Waals surface area (Å²) < 4.78 is 0. The van der Waals surface area contributed by atoms with Gasteiger partial charge < -0.3 is 5.32 Å². The zero-order valence-corrected chi connectivity index (χ0v) is 11.9. The number of amides is 1. The van der Waals surface area contributed by atoms with E-state index in [1.165, 1.54) is 0 Å². The molecule has 3 heteroatoms. The number of hydrogen-bond donors (Lipinski definition) is 1. The number of carbonyl (C=O) groups is 1. The molecule has 1 aliphatic rings. The highest BCUT2D eigenvalue weighted by Gasteiger charge is 2.27. The molecule has 0 bridgehead atoms. The minimum absolute atomic E-state index is 0.237. The standard InChI is InChI=1S/C14H28N2O/c1-5-6-7-13(17)15-12-8-10-16(11-9-12)14(2,3)4/h12H,5-11H2,1-4H3,(H,15,17). The Morgan fingerprint density at radius 2 is 1.88 bits per heavy atom. The summed E-state index contributed by atoms with van der Waals surface area (Å²) in [5.41, 5.74) is 0.261. The van der Waals surface area contributed by atoms with E-state index < -0.39 is 0 Å². The number of nitrogens with one attached hydrogen (secondary N) is 1. The Balaban J connectivity index is 2.25. The second kappa shape index (κ2) is 6.39. The van der Waals surface area contributed by atoms with E-state index in [0.717, 1.165) is 38.8 Å². The Kier molecular flexibility index (Phi) is 5.44. The summed E-state index contributed by atoms with van der Waals surface area (Å²) in [6.45, 7) is 11.1. The van der Waals surface area contributed by atoms with Crippen LogP contribution in [0.2, 0.25) is 0 Å². The van der Waals surface area contributed by atoms with Gasteiger partial charge in [-0.1, -0.05) is 13.3 Å². The van der Waals surface area contributed by atoms with Crippen LogP contribution in [0.1, 0.15) is 59.8 Å². The van der Waals surface area contributed by atoms with Crippen LogP contribution in [-0.4, -0.2) is 35.5 Å². The molecule has 1 N–H and O–H groups in total. The molecule has 0 aliphatic carbocycles. The van der Waals surface area contributed by atoms with Crippen LogP contribution in [0.15, 0.2) is 0 Å². The van der Waals surface area contributed by atoms with E-state index in [2.05, 4.69) is 37.9 Å². The lowest BCUT2D eigenvalue weighted by molar-refractivity contribution is -0.122. The topological polar surface area (TPSA) is 32.3 Å². The molecule has 100 valence electrons. The first-order valence-corrected chi connectivity index (χ1v) is 6.98. The first kappa shape index (κ1) is 14.5. The number of unbranched alkanes of at least 4 members (excludes halogenated alkanes) is 1. The molecule has 1 fully saturated rings. The van der Waals surface area contributed by atoms with Gasteiger partial charge in [-0.05, 0) is 40.0 Å². The maximum Gasteiger partial charge on any atom is 0.220 e. The molecule has 0 aromatic heterocycles. The molecule has 0 unspecified atom stereocenters. The molecular formula is C14H28N2O. The second-order valence-electron chi connectivity index (χ2n) is 6.10. The fraction of sp³-hybridized carbons (Fsp3) is 0.929. The van der Waals surface area contributed by atoms with Crippen LogP contribution in [0.4, 0.5) is 0 Å². The molecule has 0 aromatic carbocycles. The summed E-state index contributed by atoms with van der Waals surface area (Å²) >= 11 is 0. The quantitative estimate of drug-likeness (QED) is 0.819. The zero-order chi connectivity index (χ0) is 12.9. The Hall–Kier alpha value is -0.570. The largest absolute Gasteiger partial charge is 0.353 e. The van der Waals surface area contributed by atoms with Crippen LogP contribution in [0.3, 0.4) is 0 Å². The van der Waals surface area contributed by atoms with Crippen molar-refractivity contribution < 1.29 is 4.79 Å². The predicted molar refractivity (Wildman–Crippen MR) is 72.0 cm³/mol. The minimum Gasteiger partial charge on any atom is -0.353 e. The van der Waals surface area contributed by atoms with Crippen LogP contribution in [0, 0.1) is 0 Å². The zero-order valence-electron chi connectivity index (χ0n) is 11.9. The van der Waals surface area contributed by atoms with Gasteiger partial charge in [0.15, 0.2) is 0 Å². The highest BCUT2D eigenvalue weighted by atomic mass is 16.1. The normalized spacial score (nSPS) is 19.3. The SMILES string of the molecule is CCCCC(=O)NC1CCN(C(C)(C)C)CC1. The first-order chi connectivity index (χ1) is 7.93. The average molecular weight is 240 g/mol. The Morgan fingerprint density at radius 3 is 2.35 bits per heavy atom. The van der Waals surface area contributed by atoms with Gasteiger partial charge in [0, 0.05) is 31.1 Å². The maximum absolute atomic E-state index is 11.6. The van der Waals surface area contributed by atoms with Crippen molar-refractivity contribution in [2.45, 2.75) is 71.4 Å². The Bertz CT molecular complexity index is 237. The van der Waals surface area contributed by atoms with Crippen molar-refractivity contribution in [2.75, 3.05) is 13.1 Å². The lowest BCUT2D eigenvalue weighted by atomic mass is 9.98. The van der Waals surface area contributed by atoms with Gasteiger partial charge in [0.05, 0.1) is 0 Å². The molecule has 0 atom stereocenters. The third-order valence-corrected chi connectivity index (χ3v) is 3.57. The molecule has 0 spiro atoms. The summed E-state index contributed by atoms with van der Waals surface area (Å²) in [5, 5.41) is 3.16. The Morgan fingerprint density at radius 1 is 1.29 bits per heavy atom. The van der Waals surface area contributed by atoms with Crippen molar-refractivity contribution >= 4 is 5.91 Å². The van der Waals surface area contributed by atoms with Crippen LogP contribution in [0.25, 0.3) is 0 Å². The molecule has 1 aliphatic heterocycles. The van der Waals surface area contributed by atoms with E-state index >= 15 is 0 Å². The van der Waals surface area contributed by atoms with Crippen molar-refractivity contribution in [1.29, 1.82) is 0 Å². The van der Waals surface area contributed by atoms with Gasteiger partial charge in [-0.25, -0.2) is 0 Å². The maximum atomic E-state index is 11.6. The highest BCUT2D eigenvalue weighted by Crippen LogP contribution is 2.20. The summed E-state index contributed by atoms with van der Waals surface area (Å²) in [5.74, 6) is 0.237. The van der Waals surface area contributed by atoms with E-state index in [1.54, 1.807) is 0 Å². The van der Waals surface area contributed by atoms with E-state index in [-0.39, 0.29) is 11.4 Å². The first-order valence-electron chi connectivity index (χ1n) is 6.98. The monoisotopic (exact) mass is 240 g/mol. The van der Waals surface area contributed by atoms with Crippen molar-refractivity contribution in [3.05, 3.63) is 0 Å². The third-order valence-electron chi connectivity index (χ3n) is 3.57. The summed E-state index contributed by atoms with van der Waals surface area (Å²) in [6, 6.07) is 0.401. The summed E-state index contributed by atoms with van der Waals surface area (Å²) in [6.07, 6.45) is 4.98. The van der Waals surface area contributed by atoms with E-state index in [9.17, 15) is 4.79 Å². The van der Waals surface area contributed by atoms with Gasteiger partial charge in [-0.3, -0.25) is 9.69 Å². The number of hydrogen-bond acceptors (Lipinski definition) is 2. The van der Waals surface area contributed by atoms with E-state index in [1.807, 2.05) is 0 Å². The van der Waals surface area contributed by atoms with Crippen molar-refractivity contribution in [1.82, 2.24) is 10.2 Å². The van der Waals surface area contributed by atoms with E-state index in [4.69, 9.17) is 0 Å². The number of nitrogens with zero attached hydrogens (tertiary/aromatic N) is 1. The van der Waals surface area contributed by atoms with Gasteiger partial charge in [0.25, 0.3) is 0 Å². The van der Waals surface area contributed by atoms with E-state index in [0.29, 0.717) is 12.5 Å². The Labute approximate surface area is 106 Å². The summed E-state index contributed by atoms with van der Waals surface area (Å²) in [4.78, 5) is 14.1. The van der Waals surface area contributed by atoms with Crippen molar-refractivity contribution in [3.63, 3.8) is 0 Å². The molecule has 1 amide bonds. The van der Waals surface area contributed by atoms with Gasteiger partial charge in [-0.2, -0.15) is 0 Å². The predicted octanol–water partition coefficient (Wildman–Crippen LogP) is 2.56. The fourth-order valence-electron chi connectivity index (χ4n) is 2.33. The van der Waals surface area contributed by atoms with Gasteiger partial charge in [-0.15, -0.1) is 0 Å². The summed E-state index contributed by atoms with van der Waals surface area (Å²) in [7, 11) is 0. The number of rotatable bonds is 4. The van der Waals surface area contributed by atoms with Gasteiger partial charge in [0.1, 0.15) is 0 Å². The minimum atomic E-state index is 0.237. The smallest absolute Gasteiger partial charge is 0.220 e. The molecule has 1 rings (SSSR count). The highest BCUT2D eigenvalue weighted by molar-refractivity contribution is 5.76. The van der Waals surface area contributed by atoms with Gasteiger partial charge >= 0.3 is 0 Å². The molecule has 1 saturated heterocycles. The van der Waals surface area contributed by atoms with Gasteiger partial charge in [0.2, 0.25) is 5.91 Å². The third kappa shape index (κ3) is 5.07. The molecular weight excluding hydrogens is 212 g/mol. The average Bonchev–Trinajstić information content (AvgIpc) is 2.26. The van der Waals surface area contributed by atoms with Crippen LogP contribution < -0.4 is 5.32 Å². The van der Waals surface area contributed by atoms with Crippen LogP contribution in [0.5, 0.6) is 0 Å². The number of likely N-dealkylation sites (tertiary alicyclic amines) is 1. The second-order valence-corrected chi connectivity index (χ2v) is 6.10. The van der Waals surface area contributed by atoms with Crippen molar-refractivity contribution in [2.24, 2.45) is 0 Å². The molecule has 0 saturated carbocycles.